The molecule has 0 aliphatic carbocycles. The fourth-order valence-electron chi connectivity index (χ4n) is 1.91. The van der Waals surface area contributed by atoms with E-state index in [0.29, 0.717) is 13.0 Å². The van der Waals surface area contributed by atoms with Crippen LogP contribution in [-0.4, -0.2) is 24.6 Å². The summed E-state index contributed by atoms with van der Waals surface area (Å²) < 4.78 is 30.9. The molecule has 0 saturated carbocycles. The number of carbonyl (C=O) groups is 2. The Hall–Kier alpha value is -2.18. The van der Waals surface area contributed by atoms with E-state index < -0.39 is 29.5 Å². The Kier molecular flexibility index (Phi) is 4.49. The van der Waals surface area contributed by atoms with Crippen LogP contribution in [0.5, 0.6) is 5.75 Å². The Labute approximate surface area is 114 Å². The summed E-state index contributed by atoms with van der Waals surface area (Å²) in [6.45, 7) is 0.560. The molecule has 0 aromatic heterocycles. The number of ether oxygens (including phenoxy) is 1. The molecule has 108 valence electrons. The number of amides is 2. The molecule has 1 fully saturated rings. The number of nitrogens with one attached hydrogen (secondary N) is 2. The van der Waals surface area contributed by atoms with Gasteiger partial charge in [-0.2, -0.15) is 4.39 Å². The van der Waals surface area contributed by atoms with Crippen molar-refractivity contribution in [2.75, 3.05) is 6.54 Å². The summed E-state index contributed by atoms with van der Waals surface area (Å²) in [5.41, 5.74) is 0. The average Bonchev–Trinajstić information content (AvgIpc) is 2.61. The Bertz CT molecular complexity index is 522. The average molecular weight is 284 g/mol. The number of hydrogen-bond donors (Lipinski definition) is 2. The second-order valence-corrected chi connectivity index (χ2v) is 4.43. The van der Waals surface area contributed by atoms with Gasteiger partial charge in [-0.1, -0.05) is 6.07 Å². The van der Waals surface area contributed by atoms with Gasteiger partial charge >= 0.3 is 6.09 Å². The molecule has 5 nitrogen and oxygen atoms in total. The highest BCUT2D eigenvalue weighted by molar-refractivity contribution is 5.86. The van der Waals surface area contributed by atoms with Gasteiger partial charge in [0.2, 0.25) is 11.7 Å². The molecule has 0 radical (unpaired) electrons. The Morgan fingerprint density at radius 1 is 1.35 bits per heavy atom. The molecule has 20 heavy (non-hydrogen) atoms. The normalized spacial score (nSPS) is 18.9. The minimum atomic E-state index is -1.24. The van der Waals surface area contributed by atoms with Gasteiger partial charge in [-0.3, -0.25) is 4.79 Å². The lowest BCUT2D eigenvalue weighted by Crippen LogP contribution is -2.46. The summed E-state index contributed by atoms with van der Waals surface area (Å²) in [5, 5.41) is 4.98. The van der Waals surface area contributed by atoms with E-state index in [9.17, 15) is 18.4 Å². The van der Waals surface area contributed by atoms with E-state index in [4.69, 9.17) is 0 Å². The molecule has 2 rings (SSSR count). The molecule has 1 aromatic rings. The minimum absolute atomic E-state index is 0.306. The third-order valence-corrected chi connectivity index (χ3v) is 2.95. The van der Waals surface area contributed by atoms with Gasteiger partial charge < -0.3 is 15.4 Å². The van der Waals surface area contributed by atoms with Crippen LogP contribution in [0.3, 0.4) is 0 Å². The van der Waals surface area contributed by atoms with Gasteiger partial charge in [0.15, 0.2) is 11.6 Å². The van der Waals surface area contributed by atoms with Crippen molar-refractivity contribution in [2.45, 2.75) is 25.3 Å². The minimum Gasteiger partial charge on any atom is -0.407 e. The van der Waals surface area contributed by atoms with E-state index in [2.05, 4.69) is 15.4 Å². The first kappa shape index (κ1) is 14.2. The summed E-state index contributed by atoms with van der Waals surface area (Å²) in [6.07, 6.45) is 1.10. The number of hydrogen-bond acceptors (Lipinski definition) is 3. The fraction of sp³-hybridized carbons (Fsp3) is 0.385. The summed E-state index contributed by atoms with van der Waals surface area (Å²) in [4.78, 5) is 23.2. The zero-order valence-electron chi connectivity index (χ0n) is 10.6. The van der Waals surface area contributed by atoms with Gasteiger partial charge in [0.05, 0.1) is 0 Å². The summed E-state index contributed by atoms with van der Waals surface area (Å²) in [6, 6.07) is 2.55. The van der Waals surface area contributed by atoms with Crippen molar-refractivity contribution < 1.29 is 23.1 Å². The molecule has 1 heterocycles. The monoisotopic (exact) mass is 284 g/mol. The maximum absolute atomic E-state index is 13.3. The molecule has 1 aromatic carbocycles. The van der Waals surface area contributed by atoms with Crippen molar-refractivity contribution in [1.29, 1.82) is 0 Å². The maximum Gasteiger partial charge on any atom is 0.413 e. The van der Waals surface area contributed by atoms with E-state index in [1.165, 1.54) is 6.07 Å². The predicted octanol–water partition coefficient (Wildman–Crippen LogP) is 1.72. The number of carbonyl (C=O) groups excluding carboxylic acids is 2. The standard InChI is InChI=1S/C13H14F2N2O3/c14-8-4-3-6-10(11(8)15)20-13(19)17-9-5-1-2-7-16-12(9)18/h3-4,6,9H,1-2,5,7H2,(H,16,18)(H,17,19). The first-order valence-corrected chi connectivity index (χ1v) is 6.28. The van der Waals surface area contributed by atoms with Gasteiger partial charge in [0.1, 0.15) is 6.04 Å². The molecule has 0 spiro atoms. The summed E-state index contributed by atoms with van der Waals surface area (Å²) in [7, 11) is 0. The molecule has 2 N–H and O–H groups in total. The highest BCUT2D eigenvalue weighted by Crippen LogP contribution is 2.19. The van der Waals surface area contributed by atoms with E-state index in [0.717, 1.165) is 25.0 Å². The van der Waals surface area contributed by atoms with Crippen LogP contribution in [0.25, 0.3) is 0 Å². The van der Waals surface area contributed by atoms with Crippen LogP contribution in [0.4, 0.5) is 13.6 Å². The molecule has 1 aliphatic heterocycles. The third kappa shape index (κ3) is 3.43. The second-order valence-electron chi connectivity index (χ2n) is 4.43. The van der Waals surface area contributed by atoms with Crippen molar-refractivity contribution >= 4 is 12.0 Å². The van der Waals surface area contributed by atoms with Gasteiger partial charge in [-0.05, 0) is 31.4 Å². The topological polar surface area (TPSA) is 67.4 Å². The Balaban J connectivity index is 1.98. The molecule has 0 bridgehead atoms. The fourth-order valence-corrected chi connectivity index (χ4v) is 1.91. The van der Waals surface area contributed by atoms with Crippen LogP contribution in [0.2, 0.25) is 0 Å². The highest BCUT2D eigenvalue weighted by Gasteiger charge is 2.23. The molecule has 1 unspecified atom stereocenters. The molecular formula is C13H14F2N2O3. The molecule has 2 amide bonds. The van der Waals surface area contributed by atoms with Crippen LogP contribution in [-0.2, 0) is 4.79 Å². The Morgan fingerprint density at radius 2 is 2.15 bits per heavy atom. The first-order valence-electron chi connectivity index (χ1n) is 6.28. The largest absolute Gasteiger partial charge is 0.413 e. The molecular weight excluding hydrogens is 270 g/mol. The summed E-state index contributed by atoms with van der Waals surface area (Å²) in [5.74, 6) is -3.17. The number of halogens is 2. The SMILES string of the molecule is O=C(NC1CCCCNC1=O)Oc1cccc(F)c1F. The van der Waals surface area contributed by atoms with E-state index >= 15 is 0 Å². The lowest BCUT2D eigenvalue weighted by molar-refractivity contribution is -0.122. The van der Waals surface area contributed by atoms with Gasteiger partial charge in [-0.25, -0.2) is 9.18 Å². The Morgan fingerprint density at radius 3 is 2.95 bits per heavy atom. The molecule has 1 saturated heterocycles. The third-order valence-electron chi connectivity index (χ3n) is 2.95. The van der Waals surface area contributed by atoms with Crippen molar-refractivity contribution in [2.24, 2.45) is 0 Å². The lowest BCUT2D eigenvalue weighted by atomic mass is 10.1. The van der Waals surface area contributed by atoms with Gasteiger partial charge in [0.25, 0.3) is 0 Å². The highest BCUT2D eigenvalue weighted by atomic mass is 19.2. The van der Waals surface area contributed by atoms with Crippen molar-refractivity contribution in [3.8, 4) is 5.75 Å². The maximum atomic E-state index is 13.3. The lowest BCUT2D eigenvalue weighted by Gasteiger charge is -2.15. The van der Waals surface area contributed by atoms with E-state index in [-0.39, 0.29) is 5.91 Å². The van der Waals surface area contributed by atoms with Crippen molar-refractivity contribution in [3.63, 3.8) is 0 Å². The smallest absolute Gasteiger partial charge is 0.407 e. The van der Waals surface area contributed by atoms with Crippen LogP contribution < -0.4 is 15.4 Å². The van der Waals surface area contributed by atoms with E-state index in [1.807, 2.05) is 0 Å². The van der Waals surface area contributed by atoms with Gasteiger partial charge in [0, 0.05) is 6.54 Å². The predicted molar refractivity (Wildman–Crippen MR) is 66.2 cm³/mol. The van der Waals surface area contributed by atoms with Crippen LogP contribution in [0.1, 0.15) is 19.3 Å². The van der Waals surface area contributed by atoms with Crippen LogP contribution >= 0.6 is 0 Å². The van der Waals surface area contributed by atoms with Crippen LogP contribution in [0, 0.1) is 11.6 Å². The van der Waals surface area contributed by atoms with Crippen molar-refractivity contribution in [3.05, 3.63) is 29.8 Å². The second kappa shape index (κ2) is 6.31. The quantitative estimate of drug-likeness (QED) is 0.869. The van der Waals surface area contributed by atoms with E-state index in [1.54, 1.807) is 0 Å². The molecule has 1 atom stereocenters. The first-order chi connectivity index (χ1) is 9.58. The molecule has 7 heteroatoms. The van der Waals surface area contributed by atoms with Gasteiger partial charge in [-0.15, -0.1) is 0 Å². The summed E-state index contributed by atoms with van der Waals surface area (Å²) >= 11 is 0. The van der Waals surface area contributed by atoms with Crippen molar-refractivity contribution in [1.82, 2.24) is 10.6 Å². The number of rotatable bonds is 2. The van der Waals surface area contributed by atoms with Crippen LogP contribution in [0.15, 0.2) is 18.2 Å². The zero-order valence-corrected chi connectivity index (χ0v) is 10.6. The molecule has 1 aliphatic rings. The zero-order chi connectivity index (χ0) is 14.5. The number of benzene rings is 1.